The molecule has 0 radical (unpaired) electrons. The highest BCUT2D eigenvalue weighted by molar-refractivity contribution is 9.11. The minimum absolute atomic E-state index is 0.649. The fourth-order valence-electron chi connectivity index (χ4n) is 1.96. The van der Waals surface area contributed by atoms with Crippen LogP contribution in [-0.2, 0) is 20.1 Å². The van der Waals surface area contributed by atoms with Crippen LogP contribution in [0.5, 0.6) is 5.75 Å². The number of ether oxygens (including phenoxy) is 1. The summed E-state index contributed by atoms with van der Waals surface area (Å²) in [6.07, 6.45) is 3.88. The molecule has 2 aromatic rings. The molecule has 1 heterocycles. The van der Waals surface area contributed by atoms with Gasteiger partial charge in [0, 0.05) is 41.9 Å². The van der Waals surface area contributed by atoms with Gasteiger partial charge in [-0.2, -0.15) is 5.10 Å². The summed E-state index contributed by atoms with van der Waals surface area (Å²) >= 11 is 7.05. The quantitative estimate of drug-likeness (QED) is 0.801. The Labute approximate surface area is 135 Å². The van der Waals surface area contributed by atoms with Crippen LogP contribution in [0.25, 0.3) is 0 Å². The van der Waals surface area contributed by atoms with E-state index in [1.54, 1.807) is 4.68 Å². The number of benzene rings is 1. The van der Waals surface area contributed by atoms with Crippen LogP contribution in [0.2, 0.25) is 0 Å². The number of rotatable bonds is 6. The first kappa shape index (κ1) is 15.5. The molecule has 0 fully saturated rings. The minimum atomic E-state index is 0.649. The molecule has 0 aliphatic rings. The second-order valence-corrected chi connectivity index (χ2v) is 6.20. The van der Waals surface area contributed by atoms with Gasteiger partial charge >= 0.3 is 0 Å². The van der Waals surface area contributed by atoms with Crippen LogP contribution in [0.1, 0.15) is 18.1 Å². The fraction of sp³-hybridized carbons (Fsp3) is 0.357. The predicted octanol–water partition coefficient (Wildman–Crippen LogP) is 3.63. The monoisotopic (exact) mass is 401 g/mol. The minimum Gasteiger partial charge on any atom is -0.492 e. The van der Waals surface area contributed by atoms with Crippen LogP contribution in [0.3, 0.4) is 0 Å². The lowest BCUT2D eigenvalue weighted by atomic mass is 10.2. The van der Waals surface area contributed by atoms with E-state index in [-0.39, 0.29) is 0 Å². The van der Waals surface area contributed by atoms with Crippen molar-refractivity contribution in [1.29, 1.82) is 0 Å². The third-order valence-corrected chi connectivity index (χ3v) is 3.82. The summed E-state index contributed by atoms with van der Waals surface area (Å²) in [6.45, 7) is 4.16. The molecule has 1 N–H and O–H groups in total. The molecule has 4 nitrogen and oxygen atoms in total. The summed E-state index contributed by atoms with van der Waals surface area (Å²) in [5.74, 6) is 0.898. The predicted molar refractivity (Wildman–Crippen MR) is 86.8 cm³/mol. The third kappa shape index (κ3) is 4.07. The van der Waals surface area contributed by atoms with E-state index in [9.17, 15) is 0 Å². The zero-order valence-electron chi connectivity index (χ0n) is 11.5. The maximum absolute atomic E-state index is 5.71. The van der Waals surface area contributed by atoms with Crippen molar-refractivity contribution in [1.82, 2.24) is 15.1 Å². The van der Waals surface area contributed by atoms with E-state index in [1.807, 2.05) is 32.4 Å². The largest absolute Gasteiger partial charge is 0.492 e. The van der Waals surface area contributed by atoms with Crippen LogP contribution in [0.4, 0.5) is 0 Å². The van der Waals surface area contributed by atoms with Gasteiger partial charge < -0.3 is 10.1 Å². The Kier molecular flexibility index (Phi) is 5.63. The second-order valence-electron chi connectivity index (χ2n) is 4.43. The Morgan fingerprint density at radius 1 is 1.30 bits per heavy atom. The average Bonchev–Trinajstić information content (AvgIpc) is 2.79. The Hall–Kier alpha value is -0.850. The van der Waals surface area contributed by atoms with Crippen molar-refractivity contribution in [2.24, 2.45) is 7.05 Å². The van der Waals surface area contributed by atoms with E-state index in [0.29, 0.717) is 6.61 Å². The van der Waals surface area contributed by atoms with E-state index in [1.165, 1.54) is 5.56 Å². The number of aryl methyl sites for hydroxylation is 1. The molecule has 6 heteroatoms. The van der Waals surface area contributed by atoms with Crippen LogP contribution in [0, 0.1) is 0 Å². The first-order chi connectivity index (χ1) is 9.60. The number of aromatic nitrogens is 2. The lowest BCUT2D eigenvalue weighted by molar-refractivity contribution is 0.333. The Morgan fingerprint density at radius 3 is 2.75 bits per heavy atom. The molecular weight excluding hydrogens is 386 g/mol. The van der Waals surface area contributed by atoms with Crippen molar-refractivity contribution < 1.29 is 4.74 Å². The lowest BCUT2D eigenvalue weighted by Gasteiger charge is -2.13. The first-order valence-corrected chi connectivity index (χ1v) is 7.97. The normalized spacial score (nSPS) is 10.8. The number of hydrogen-bond donors (Lipinski definition) is 1. The zero-order chi connectivity index (χ0) is 14.5. The average molecular weight is 403 g/mol. The van der Waals surface area contributed by atoms with Crippen LogP contribution >= 0.6 is 31.9 Å². The van der Waals surface area contributed by atoms with Gasteiger partial charge in [0.05, 0.1) is 17.3 Å². The van der Waals surface area contributed by atoms with Gasteiger partial charge in [-0.1, -0.05) is 15.9 Å². The molecule has 0 saturated heterocycles. The maximum Gasteiger partial charge on any atom is 0.138 e. The van der Waals surface area contributed by atoms with E-state index >= 15 is 0 Å². The van der Waals surface area contributed by atoms with Gasteiger partial charge in [0.15, 0.2) is 0 Å². The molecule has 2 rings (SSSR count). The molecule has 0 aliphatic carbocycles. The molecule has 0 spiro atoms. The number of halogens is 2. The van der Waals surface area contributed by atoms with Crippen molar-refractivity contribution in [2.45, 2.75) is 20.0 Å². The first-order valence-electron chi connectivity index (χ1n) is 6.39. The number of nitrogens with zero attached hydrogens (tertiary/aromatic N) is 2. The van der Waals surface area contributed by atoms with Gasteiger partial charge in [0.1, 0.15) is 5.75 Å². The highest BCUT2D eigenvalue weighted by atomic mass is 79.9. The Bertz CT molecular complexity index is 584. The molecule has 20 heavy (non-hydrogen) atoms. The maximum atomic E-state index is 5.71. The number of hydrogen-bond acceptors (Lipinski definition) is 3. The van der Waals surface area contributed by atoms with Gasteiger partial charge in [-0.25, -0.2) is 0 Å². The summed E-state index contributed by atoms with van der Waals surface area (Å²) in [6, 6.07) is 4.07. The smallest absolute Gasteiger partial charge is 0.138 e. The molecule has 1 aromatic heterocycles. The van der Waals surface area contributed by atoms with Crippen LogP contribution in [-0.4, -0.2) is 16.4 Å². The van der Waals surface area contributed by atoms with Crippen LogP contribution in [0.15, 0.2) is 33.5 Å². The van der Waals surface area contributed by atoms with Gasteiger partial charge in [0.25, 0.3) is 0 Å². The summed E-state index contributed by atoms with van der Waals surface area (Å²) < 4.78 is 9.51. The van der Waals surface area contributed by atoms with Crippen molar-refractivity contribution >= 4 is 31.9 Å². The van der Waals surface area contributed by atoms with E-state index in [0.717, 1.165) is 33.3 Å². The van der Waals surface area contributed by atoms with Crippen molar-refractivity contribution in [3.63, 3.8) is 0 Å². The summed E-state index contributed by atoms with van der Waals surface area (Å²) in [5, 5.41) is 7.56. The zero-order valence-corrected chi connectivity index (χ0v) is 14.7. The summed E-state index contributed by atoms with van der Waals surface area (Å²) in [4.78, 5) is 0. The van der Waals surface area contributed by atoms with Gasteiger partial charge in [-0.15, -0.1) is 0 Å². The van der Waals surface area contributed by atoms with E-state index in [4.69, 9.17) is 4.74 Å². The SMILES string of the molecule is CCOc1c(Br)cc(Br)cc1CNCc1cnn(C)c1. The molecular formula is C14H17Br2N3O. The van der Waals surface area contributed by atoms with Crippen molar-refractivity contribution in [3.8, 4) is 5.75 Å². The van der Waals surface area contributed by atoms with Gasteiger partial charge in [0.2, 0.25) is 0 Å². The molecule has 0 bridgehead atoms. The highest BCUT2D eigenvalue weighted by Gasteiger charge is 2.09. The Balaban J connectivity index is 2.04. The molecule has 0 aliphatic heterocycles. The van der Waals surface area contributed by atoms with Crippen LogP contribution < -0.4 is 10.1 Å². The highest BCUT2D eigenvalue weighted by Crippen LogP contribution is 2.33. The summed E-state index contributed by atoms with van der Waals surface area (Å²) in [5.41, 5.74) is 2.29. The van der Waals surface area contributed by atoms with E-state index in [2.05, 4.69) is 48.3 Å². The fourth-order valence-corrected chi connectivity index (χ4v) is 3.38. The Morgan fingerprint density at radius 2 is 2.10 bits per heavy atom. The van der Waals surface area contributed by atoms with Gasteiger partial charge in [-0.05, 0) is 35.0 Å². The molecule has 108 valence electrons. The molecule has 0 atom stereocenters. The van der Waals surface area contributed by atoms with E-state index < -0.39 is 0 Å². The van der Waals surface area contributed by atoms with Gasteiger partial charge in [-0.3, -0.25) is 4.68 Å². The summed E-state index contributed by atoms with van der Waals surface area (Å²) in [7, 11) is 1.92. The number of nitrogens with one attached hydrogen (secondary N) is 1. The topological polar surface area (TPSA) is 39.1 Å². The second kappa shape index (κ2) is 7.24. The lowest BCUT2D eigenvalue weighted by Crippen LogP contribution is -2.13. The van der Waals surface area contributed by atoms with Crippen molar-refractivity contribution in [3.05, 3.63) is 44.6 Å². The molecule has 0 unspecified atom stereocenters. The molecule has 1 aromatic carbocycles. The standard InChI is InChI=1S/C14H17Br2N3O/c1-3-20-14-11(4-12(15)5-13(14)16)8-17-6-10-7-18-19(2)9-10/h4-5,7,9,17H,3,6,8H2,1-2H3. The molecule has 0 saturated carbocycles. The molecule has 0 amide bonds. The third-order valence-electron chi connectivity index (χ3n) is 2.78. The van der Waals surface area contributed by atoms with Crippen molar-refractivity contribution in [2.75, 3.05) is 6.61 Å².